The normalized spacial score (nSPS) is 16.8. The second-order valence-electron chi connectivity index (χ2n) is 8.52. The summed E-state index contributed by atoms with van der Waals surface area (Å²) in [5.74, 6) is -0.215. The Kier molecular flexibility index (Phi) is 5.82. The molecule has 1 aromatic heterocycles. The van der Waals surface area contributed by atoms with Crippen LogP contribution in [0, 0.1) is 0 Å². The fourth-order valence-corrected chi connectivity index (χ4v) is 5.09. The van der Waals surface area contributed by atoms with Crippen molar-refractivity contribution in [1.29, 1.82) is 0 Å². The van der Waals surface area contributed by atoms with Crippen LogP contribution in [0.25, 0.3) is 10.2 Å². The van der Waals surface area contributed by atoms with Gasteiger partial charge in [0.05, 0.1) is 10.2 Å². The van der Waals surface area contributed by atoms with Gasteiger partial charge in [0.15, 0.2) is 5.13 Å². The Balaban J connectivity index is 1.31. The fraction of sp³-hybridized carbons (Fsp3) is 0.333. The van der Waals surface area contributed by atoms with Crippen LogP contribution in [-0.2, 0) is 11.2 Å². The van der Waals surface area contributed by atoms with Gasteiger partial charge in [-0.2, -0.15) is 0 Å². The third-order valence-electron chi connectivity index (χ3n) is 6.14. The number of amides is 3. The first kappa shape index (κ1) is 21.5. The lowest BCUT2D eigenvalue weighted by atomic mass is 10.0. The number of carbonyl (C=O) groups excluding carboxylic acids is 3. The number of fused-ring (bicyclic) bond motifs is 2. The lowest BCUT2D eigenvalue weighted by Crippen LogP contribution is -2.47. The molecule has 33 heavy (non-hydrogen) atoms. The zero-order valence-corrected chi connectivity index (χ0v) is 19.2. The van der Waals surface area contributed by atoms with E-state index in [1.165, 1.54) is 11.3 Å². The number of carbonyl (C=O) groups is 3. The van der Waals surface area contributed by atoms with E-state index in [9.17, 15) is 14.4 Å². The quantitative estimate of drug-likeness (QED) is 0.622. The van der Waals surface area contributed by atoms with Gasteiger partial charge in [0.2, 0.25) is 5.91 Å². The third kappa shape index (κ3) is 4.60. The Morgan fingerprint density at radius 2 is 1.82 bits per heavy atom. The number of hydrogen-bond donors (Lipinski definition) is 2. The Bertz CT molecular complexity index is 1250. The van der Waals surface area contributed by atoms with Gasteiger partial charge in [-0.3, -0.25) is 19.7 Å². The van der Waals surface area contributed by atoms with Crippen molar-refractivity contribution >= 4 is 50.1 Å². The van der Waals surface area contributed by atoms with Gasteiger partial charge in [0.25, 0.3) is 11.8 Å². The van der Waals surface area contributed by atoms with E-state index in [1.807, 2.05) is 23.1 Å². The van der Waals surface area contributed by atoms with E-state index in [0.29, 0.717) is 22.7 Å². The molecular weight excluding hydrogens is 438 g/mol. The van der Waals surface area contributed by atoms with E-state index in [0.717, 1.165) is 60.5 Å². The van der Waals surface area contributed by atoms with Gasteiger partial charge < -0.3 is 15.1 Å². The van der Waals surface area contributed by atoms with E-state index in [1.54, 1.807) is 18.2 Å². The Morgan fingerprint density at radius 1 is 1.03 bits per heavy atom. The van der Waals surface area contributed by atoms with Crippen LogP contribution in [0.1, 0.15) is 39.1 Å². The summed E-state index contributed by atoms with van der Waals surface area (Å²) in [6, 6.07) is 10.8. The molecule has 3 heterocycles. The van der Waals surface area contributed by atoms with Gasteiger partial charge in [-0.15, -0.1) is 0 Å². The van der Waals surface area contributed by atoms with Gasteiger partial charge >= 0.3 is 0 Å². The Labute approximate surface area is 195 Å². The highest BCUT2D eigenvalue weighted by Crippen LogP contribution is 2.29. The predicted octanol–water partition coefficient (Wildman–Crippen LogP) is 3.21. The average Bonchev–Trinajstić information content (AvgIpc) is 3.11. The Hall–Kier alpha value is -3.30. The van der Waals surface area contributed by atoms with Gasteiger partial charge in [0.1, 0.15) is 0 Å². The summed E-state index contributed by atoms with van der Waals surface area (Å²) < 4.78 is 0.856. The number of aryl methyl sites for hydroxylation is 1. The van der Waals surface area contributed by atoms with Gasteiger partial charge in [-0.1, -0.05) is 11.3 Å². The predicted molar refractivity (Wildman–Crippen MR) is 129 cm³/mol. The maximum atomic E-state index is 12.9. The molecule has 0 bridgehead atoms. The summed E-state index contributed by atoms with van der Waals surface area (Å²) in [4.78, 5) is 46.1. The fourth-order valence-electron chi connectivity index (χ4n) is 4.19. The number of nitrogens with zero attached hydrogens (tertiary/aromatic N) is 3. The number of anilines is 2. The second-order valence-corrected chi connectivity index (χ2v) is 9.56. The monoisotopic (exact) mass is 463 g/mol. The van der Waals surface area contributed by atoms with Crippen LogP contribution in [0.15, 0.2) is 36.4 Å². The third-order valence-corrected chi connectivity index (χ3v) is 7.07. The lowest BCUT2D eigenvalue weighted by molar-refractivity contribution is -0.116. The first-order valence-corrected chi connectivity index (χ1v) is 11.9. The molecule has 0 spiro atoms. The Morgan fingerprint density at radius 3 is 2.64 bits per heavy atom. The molecule has 2 aliphatic rings. The number of aromatic nitrogens is 1. The van der Waals surface area contributed by atoms with Crippen molar-refractivity contribution in [2.75, 3.05) is 43.9 Å². The molecule has 1 fully saturated rings. The van der Waals surface area contributed by atoms with Crippen molar-refractivity contribution in [1.82, 2.24) is 14.8 Å². The maximum absolute atomic E-state index is 12.9. The van der Waals surface area contributed by atoms with Crippen LogP contribution in [0.3, 0.4) is 0 Å². The summed E-state index contributed by atoms with van der Waals surface area (Å²) in [5, 5.41) is 6.25. The summed E-state index contributed by atoms with van der Waals surface area (Å²) in [6.07, 6.45) is 2.00. The highest BCUT2D eigenvalue weighted by atomic mass is 32.1. The highest BCUT2D eigenvalue weighted by molar-refractivity contribution is 7.22. The summed E-state index contributed by atoms with van der Waals surface area (Å²) >= 11 is 1.35. The molecule has 0 unspecified atom stereocenters. The smallest absolute Gasteiger partial charge is 0.257 e. The SMILES string of the molecule is CN1CCN(C(=O)c2ccc3nc(NC(=O)c4ccc5c(c4)CCCC(=O)N5)sc3c2)CC1. The van der Waals surface area contributed by atoms with Crippen molar-refractivity contribution in [3.05, 3.63) is 53.1 Å². The molecule has 0 saturated carbocycles. The van der Waals surface area contributed by atoms with Gasteiger partial charge in [0, 0.05) is 49.4 Å². The molecule has 0 atom stereocenters. The average molecular weight is 464 g/mol. The molecule has 2 N–H and O–H groups in total. The van der Waals surface area contributed by atoms with Crippen molar-refractivity contribution < 1.29 is 14.4 Å². The molecule has 2 aromatic carbocycles. The second kappa shape index (κ2) is 8.92. The van der Waals surface area contributed by atoms with Gasteiger partial charge in [-0.05, 0) is 61.9 Å². The molecule has 170 valence electrons. The van der Waals surface area contributed by atoms with Crippen LogP contribution < -0.4 is 10.6 Å². The molecular formula is C24H25N5O3S. The first-order valence-electron chi connectivity index (χ1n) is 11.1. The van der Waals surface area contributed by atoms with Gasteiger partial charge in [-0.25, -0.2) is 4.98 Å². The van der Waals surface area contributed by atoms with Crippen LogP contribution in [0.4, 0.5) is 10.8 Å². The molecule has 0 radical (unpaired) electrons. The number of piperazine rings is 1. The van der Waals surface area contributed by atoms with E-state index in [4.69, 9.17) is 0 Å². The van der Waals surface area contributed by atoms with Crippen LogP contribution in [-0.4, -0.2) is 65.7 Å². The first-order chi connectivity index (χ1) is 16.0. The zero-order valence-electron chi connectivity index (χ0n) is 18.4. The van der Waals surface area contributed by atoms with Crippen molar-refractivity contribution in [3.8, 4) is 0 Å². The van der Waals surface area contributed by atoms with E-state index in [-0.39, 0.29) is 17.7 Å². The van der Waals surface area contributed by atoms with Crippen molar-refractivity contribution in [2.45, 2.75) is 19.3 Å². The maximum Gasteiger partial charge on any atom is 0.257 e. The largest absolute Gasteiger partial charge is 0.336 e. The van der Waals surface area contributed by atoms with Crippen molar-refractivity contribution in [3.63, 3.8) is 0 Å². The van der Waals surface area contributed by atoms with E-state index < -0.39 is 0 Å². The standard InChI is InChI=1S/C24H25N5O3S/c1-28-9-11-29(12-10-28)23(32)17-6-8-19-20(14-17)33-24(26-19)27-22(31)16-5-7-18-15(13-16)3-2-4-21(30)25-18/h5-8,13-14H,2-4,9-12H2,1H3,(H,25,30)(H,26,27,31). The minimum Gasteiger partial charge on any atom is -0.336 e. The number of thiazole rings is 1. The lowest BCUT2D eigenvalue weighted by Gasteiger charge is -2.32. The number of nitrogens with one attached hydrogen (secondary N) is 2. The number of likely N-dealkylation sites (N-methyl/N-ethyl adjacent to an activating group) is 1. The molecule has 1 saturated heterocycles. The minimum atomic E-state index is -0.249. The van der Waals surface area contributed by atoms with Crippen molar-refractivity contribution in [2.24, 2.45) is 0 Å². The van der Waals surface area contributed by atoms with Crippen LogP contribution >= 0.6 is 11.3 Å². The number of rotatable bonds is 3. The molecule has 9 heteroatoms. The molecule has 8 nitrogen and oxygen atoms in total. The van der Waals surface area contributed by atoms with E-state index >= 15 is 0 Å². The molecule has 3 aromatic rings. The minimum absolute atomic E-state index is 0.00546. The molecule has 5 rings (SSSR count). The summed E-state index contributed by atoms with van der Waals surface area (Å²) in [5.41, 5.74) is 3.64. The molecule has 3 amide bonds. The summed E-state index contributed by atoms with van der Waals surface area (Å²) in [7, 11) is 2.06. The number of hydrogen-bond acceptors (Lipinski definition) is 6. The molecule has 0 aliphatic carbocycles. The number of benzene rings is 2. The van der Waals surface area contributed by atoms with E-state index in [2.05, 4.69) is 27.6 Å². The highest BCUT2D eigenvalue weighted by Gasteiger charge is 2.21. The zero-order chi connectivity index (χ0) is 22.9. The summed E-state index contributed by atoms with van der Waals surface area (Å²) in [6.45, 7) is 3.20. The van der Waals surface area contributed by atoms with Crippen LogP contribution in [0.5, 0.6) is 0 Å². The topological polar surface area (TPSA) is 94.6 Å². The van der Waals surface area contributed by atoms with Crippen LogP contribution in [0.2, 0.25) is 0 Å². The molecule has 2 aliphatic heterocycles.